The minimum absolute atomic E-state index is 0.0586. The predicted octanol–water partition coefficient (Wildman–Crippen LogP) is 4.14. The molecule has 12 atom stereocenters. The number of carboxylic acids is 2. The number of rotatable bonds is 3. The van der Waals surface area contributed by atoms with Crippen LogP contribution in [-0.2, 0) is 14.4 Å². The largest absolute Gasteiger partial charge is 0.481 e. The third-order valence-electron chi connectivity index (χ3n) is 13.4. The number of carbonyl (C=O) groups excluding carboxylic acids is 1. The molecule has 0 saturated heterocycles. The molecule has 7 nitrogen and oxygen atoms in total. The molecule has 4 N–H and O–H groups in total. The van der Waals surface area contributed by atoms with Gasteiger partial charge in [0.2, 0.25) is 0 Å². The summed E-state index contributed by atoms with van der Waals surface area (Å²) in [7, 11) is 0. The van der Waals surface area contributed by atoms with Crippen molar-refractivity contribution >= 4 is 17.7 Å². The summed E-state index contributed by atoms with van der Waals surface area (Å²) >= 11 is 0. The molecule has 202 valence electrons. The van der Waals surface area contributed by atoms with E-state index in [0.29, 0.717) is 44.9 Å². The van der Waals surface area contributed by atoms with E-state index in [1.54, 1.807) is 13.8 Å². The molecule has 0 aromatic heterocycles. The van der Waals surface area contributed by atoms with E-state index in [4.69, 9.17) is 0 Å². The van der Waals surface area contributed by atoms with E-state index in [2.05, 4.69) is 20.8 Å². The predicted molar refractivity (Wildman–Crippen MR) is 132 cm³/mol. The molecule has 5 aliphatic carbocycles. The average molecular weight is 505 g/mol. The molecule has 5 aliphatic rings. The van der Waals surface area contributed by atoms with Gasteiger partial charge in [0, 0.05) is 5.92 Å². The van der Waals surface area contributed by atoms with Gasteiger partial charge in [-0.25, -0.2) is 0 Å². The lowest BCUT2D eigenvalue weighted by Crippen LogP contribution is -2.71. The smallest absolute Gasteiger partial charge is 0.312 e. The van der Waals surface area contributed by atoms with Gasteiger partial charge < -0.3 is 20.4 Å². The maximum Gasteiger partial charge on any atom is 0.312 e. The lowest BCUT2D eigenvalue weighted by molar-refractivity contribution is -0.277. The van der Waals surface area contributed by atoms with Gasteiger partial charge in [0.25, 0.3) is 0 Å². The standard InChI is InChI=1S/C29H44O7/c1-15(30)16-6-11-29(24(35)36)13-12-26(3)17(21(16)29)14-18(31)22-25(2)9-8-20(32)28(5,23(33)34)19(25)7-10-27(22,26)4/h16-22,31-32H,6-14H2,1-5H3,(H,33,34)(H,35,36)/t16-,17+,18+,19+,20+,21+,22+,25-,26+,27+,28?,29-/m0/s1. The molecule has 1 unspecified atom stereocenters. The Bertz CT molecular complexity index is 994. The van der Waals surface area contributed by atoms with Crippen molar-refractivity contribution in [2.24, 2.45) is 56.7 Å². The SMILES string of the molecule is CC(=O)[C@@H]1CC[C@]2(C(=O)O)CC[C@]3(C)[C@H](C[C@@H](O)[C@@H]4[C@@]5(C)CC[C@@H](O)C(C)(C(=O)O)[C@@H]5CC[C@]43C)[C@@H]12. The van der Waals surface area contributed by atoms with Crippen molar-refractivity contribution in [1.82, 2.24) is 0 Å². The Kier molecular flexibility index (Phi) is 5.65. The van der Waals surface area contributed by atoms with Crippen LogP contribution >= 0.6 is 0 Å². The number of aliphatic hydroxyl groups is 2. The molecule has 5 fully saturated rings. The molecule has 0 aromatic rings. The molecule has 0 spiro atoms. The van der Waals surface area contributed by atoms with Crippen LogP contribution in [-0.4, -0.2) is 50.4 Å². The van der Waals surface area contributed by atoms with Gasteiger partial charge in [0.1, 0.15) is 5.78 Å². The highest BCUT2D eigenvalue weighted by atomic mass is 16.4. The average Bonchev–Trinajstić information content (AvgIpc) is 3.19. The second kappa shape index (κ2) is 7.78. The Labute approximate surface area is 214 Å². The first kappa shape index (κ1) is 26.1. The third-order valence-corrected chi connectivity index (χ3v) is 13.4. The molecule has 5 rings (SSSR count). The van der Waals surface area contributed by atoms with Gasteiger partial charge in [0.05, 0.1) is 23.0 Å². The number of carboxylic acid groups (broad SMARTS) is 2. The summed E-state index contributed by atoms with van der Waals surface area (Å²) in [5.41, 5.74) is -3.20. The summed E-state index contributed by atoms with van der Waals surface area (Å²) in [5.74, 6) is -2.74. The van der Waals surface area contributed by atoms with Crippen LogP contribution in [0.1, 0.15) is 92.4 Å². The zero-order valence-electron chi connectivity index (χ0n) is 22.4. The number of hydrogen-bond donors (Lipinski definition) is 4. The zero-order chi connectivity index (χ0) is 26.6. The second-order valence-electron chi connectivity index (χ2n) is 14.2. The topological polar surface area (TPSA) is 132 Å². The fraction of sp³-hybridized carbons (Fsp3) is 0.897. The van der Waals surface area contributed by atoms with Gasteiger partial charge in [-0.1, -0.05) is 20.8 Å². The van der Waals surface area contributed by atoms with Crippen molar-refractivity contribution in [2.45, 2.75) is 105 Å². The number of hydrogen-bond acceptors (Lipinski definition) is 5. The normalized spacial score (nSPS) is 56.0. The first-order valence-corrected chi connectivity index (χ1v) is 13.9. The van der Waals surface area contributed by atoms with E-state index in [0.717, 1.165) is 12.8 Å². The van der Waals surface area contributed by atoms with Gasteiger partial charge in [-0.2, -0.15) is 0 Å². The first-order valence-electron chi connectivity index (χ1n) is 13.9. The number of aliphatic hydroxyl groups excluding tert-OH is 2. The van der Waals surface area contributed by atoms with Crippen LogP contribution in [0.25, 0.3) is 0 Å². The Morgan fingerprint density at radius 1 is 0.778 bits per heavy atom. The van der Waals surface area contributed by atoms with Crippen LogP contribution < -0.4 is 0 Å². The maximum atomic E-state index is 12.8. The van der Waals surface area contributed by atoms with Crippen LogP contribution in [0, 0.1) is 56.7 Å². The highest BCUT2D eigenvalue weighted by Crippen LogP contribution is 2.77. The summed E-state index contributed by atoms with van der Waals surface area (Å²) < 4.78 is 0. The fourth-order valence-corrected chi connectivity index (χ4v) is 11.5. The summed E-state index contributed by atoms with van der Waals surface area (Å²) in [6.45, 7) is 9.93. The van der Waals surface area contributed by atoms with E-state index < -0.39 is 40.4 Å². The van der Waals surface area contributed by atoms with Crippen molar-refractivity contribution in [3.05, 3.63) is 0 Å². The van der Waals surface area contributed by atoms with Crippen LogP contribution in [0.5, 0.6) is 0 Å². The molecular weight excluding hydrogens is 460 g/mol. The van der Waals surface area contributed by atoms with Crippen LogP contribution in [0.2, 0.25) is 0 Å². The minimum Gasteiger partial charge on any atom is -0.481 e. The van der Waals surface area contributed by atoms with E-state index in [1.807, 2.05) is 0 Å². The molecule has 7 heteroatoms. The number of ketones is 1. The Morgan fingerprint density at radius 3 is 2.03 bits per heavy atom. The lowest BCUT2D eigenvalue weighted by Gasteiger charge is -2.73. The van der Waals surface area contributed by atoms with E-state index in [1.165, 1.54) is 0 Å². The fourth-order valence-electron chi connectivity index (χ4n) is 11.5. The summed E-state index contributed by atoms with van der Waals surface area (Å²) in [6, 6.07) is 0. The zero-order valence-corrected chi connectivity index (χ0v) is 22.4. The van der Waals surface area contributed by atoms with Crippen LogP contribution in [0.4, 0.5) is 0 Å². The van der Waals surface area contributed by atoms with Gasteiger partial charge in [0.15, 0.2) is 0 Å². The molecular formula is C29H44O7. The van der Waals surface area contributed by atoms with Crippen molar-refractivity contribution in [1.29, 1.82) is 0 Å². The monoisotopic (exact) mass is 504 g/mol. The first-order chi connectivity index (χ1) is 16.6. The van der Waals surface area contributed by atoms with E-state index >= 15 is 0 Å². The molecule has 36 heavy (non-hydrogen) atoms. The summed E-state index contributed by atoms with van der Waals surface area (Å²) in [4.78, 5) is 38.0. The van der Waals surface area contributed by atoms with Crippen molar-refractivity contribution in [2.75, 3.05) is 0 Å². The summed E-state index contributed by atoms with van der Waals surface area (Å²) in [6.07, 6.45) is 3.70. The molecule has 0 radical (unpaired) electrons. The molecule has 0 aromatic carbocycles. The quantitative estimate of drug-likeness (QED) is 0.454. The Hall–Kier alpha value is -1.47. The number of Topliss-reactive ketones (excluding diaryl/α,β-unsaturated/α-hetero) is 1. The molecule has 0 aliphatic heterocycles. The van der Waals surface area contributed by atoms with Gasteiger partial charge in [-0.3, -0.25) is 14.4 Å². The molecule has 0 bridgehead atoms. The number of aliphatic carboxylic acids is 2. The molecule has 5 saturated carbocycles. The van der Waals surface area contributed by atoms with Gasteiger partial charge in [-0.15, -0.1) is 0 Å². The third kappa shape index (κ3) is 2.85. The highest BCUT2D eigenvalue weighted by molar-refractivity contribution is 5.83. The van der Waals surface area contributed by atoms with E-state index in [9.17, 15) is 34.8 Å². The van der Waals surface area contributed by atoms with Crippen LogP contribution in [0.3, 0.4) is 0 Å². The second-order valence-corrected chi connectivity index (χ2v) is 14.2. The highest BCUT2D eigenvalue weighted by Gasteiger charge is 2.74. The Morgan fingerprint density at radius 2 is 1.44 bits per heavy atom. The van der Waals surface area contributed by atoms with Gasteiger partial charge >= 0.3 is 11.9 Å². The van der Waals surface area contributed by atoms with Crippen molar-refractivity contribution in [3.8, 4) is 0 Å². The lowest BCUT2D eigenvalue weighted by atomic mass is 9.31. The van der Waals surface area contributed by atoms with E-state index in [-0.39, 0.29) is 46.2 Å². The van der Waals surface area contributed by atoms with Gasteiger partial charge in [-0.05, 0) is 112 Å². The number of fused-ring (bicyclic) bond motifs is 7. The van der Waals surface area contributed by atoms with Crippen LogP contribution in [0.15, 0.2) is 0 Å². The maximum absolute atomic E-state index is 12.8. The molecule has 0 heterocycles. The minimum atomic E-state index is -1.26. The Balaban J connectivity index is 1.61. The molecule has 0 amide bonds. The summed E-state index contributed by atoms with van der Waals surface area (Å²) in [5, 5.41) is 43.4. The number of carbonyl (C=O) groups is 3. The van der Waals surface area contributed by atoms with Crippen molar-refractivity contribution < 1.29 is 34.8 Å². The van der Waals surface area contributed by atoms with Crippen molar-refractivity contribution in [3.63, 3.8) is 0 Å².